The van der Waals surface area contributed by atoms with Gasteiger partial charge in [-0.1, -0.05) is 0 Å². The molecule has 0 saturated carbocycles. The maximum absolute atomic E-state index is 10.8. The molecule has 0 unspecified atom stereocenters. The van der Waals surface area contributed by atoms with Crippen LogP contribution in [0.15, 0.2) is 22.1 Å². The van der Waals surface area contributed by atoms with E-state index >= 15 is 0 Å². The molecule has 1 heterocycles. The molecule has 5 heteroatoms. The van der Waals surface area contributed by atoms with E-state index in [1.807, 2.05) is 6.07 Å². The second-order valence-electron chi connectivity index (χ2n) is 2.51. The Morgan fingerprint density at radius 1 is 1.54 bits per heavy atom. The molecule has 2 rings (SSSR count). The number of fused-ring (bicyclic) bond motifs is 1. The molecule has 2 aromatic rings. The normalized spacial score (nSPS) is 10.5. The largest absolute Gasteiger partial charge is 0.366 e. The van der Waals surface area contributed by atoms with Gasteiger partial charge in [-0.05, 0) is 34.1 Å². The van der Waals surface area contributed by atoms with Crippen molar-refractivity contribution in [3.8, 4) is 0 Å². The number of hydrogen-bond donors (Lipinski definition) is 1. The number of benzene rings is 1. The van der Waals surface area contributed by atoms with Gasteiger partial charge in [0.05, 0.1) is 10.2 Å². The molecule has 0 atom stereocenters. The van der Waals surface area contributed by atoms with Crippen LogP contribution in [0.5, 0.6) is 0 Å². The van der Waals surface area contributed by atoms with Crippen molar-refractivity contribution in [2.45, 2.75) is 0 Å². The van der Waals surface area contributed by atoms with Crippen molar-refractivity contribution < 1.29 is 4.79 Å². The fraction of sp³-hybridized carbons (Fsp3) is 0. The molecular formula is C8H5BrN2OS. The molecule has 1 amide bonds. The monoisotopic (exact) mass is 256 g/mol. The molecule has 0 bridgehead atoms. The summed E-state index contributed by atoms with van der Waals surface area (Å²) >= 11 is 4.80. The number of halogens is 1. The topological polar surface area (TPSA) is 56.0 Å². The molecule has 3 nitrogen and oxygen atoms in total. The highest BCUT2D eigenvalue weighted by Gasteiger charge is 2.04. The molecule has 0 fully saturated rings. The number of primary amides is 1. The van der Waals surface area contributed by atoms with Gasteiger partial charge in [-0.2, -0.15) is 0 Å². The van der Waals surface area contributed by atoms with E-state index < -0.39 is 5.91 Å². The first-order valence-corrected chi connectivity index (χ1v) is 5.13. The first-order valence-electron chi connectivity index (χ1n) is 3.53. The van der Waals surface area contributed by atoms with Gasteiger partial charge in [0, 0.05) is 5.56 Å². The number of carbonyl (C=O) groups is 1. The minimum absolute atomic E-state index is 0.425. The summed E-state index contributed by atoms with van der Waals surface area (Å²) < 4.78 is 1.85. The van der Waals surface area contributed by atoms with Crippen molar-refractivity contribution in [3.63, 3.8) is 0 Å². The molecule has 2 N–H and O–H groups in total. The summed E-state index contributed by atoms with van der Waals surface area (Å²) in [7, 11) is 0. The summed E-state index contributed by atoms with van der Waals surface area (Å²) in [5, 5.41) is 0. The van der Waals surface area contributed by atoms with E-state index in [1.54, 1.807) is 12.1 Å². The summed E-state index contributed by atoms with van der Waals surface area (Å²) in [6.07, 6.45) is 0. The highest BCUT2D eigenvalue weighted by Crippen LogP contribution is 2.26. The second-order valence-corrected chi connectivity index (χ2v) is 4.82. The number of amides is 1. The number of thiazole rings is 1. The average Bonchev–Trinajstić information content (AvgIpc) is 2.42. The Hall–Kier alpha value is -0.940. The molecule has 0 aliphatic heterocycles. The number of aromatic nitrogens is 1. The number of nitrogens with zero attached hydrogens (tertiary/aromatic N) is 1. The van der Waals surface area contributed by atoms with E-state index in [0.29, 0.717) is 5.56 Å². The van der Waals surface area contributed by atoms with E-state index in [4.69, 9.17) is 5.73 Å². The van der Waals surface area contributed by atoms with Gasteiger partial charge < -0.3 is 5.73 Å². The molecule has 13 heavy (non-hydrogen) atoms. The zero-order valence-electron chi connectivity index (χ0n) is 6.45. The van der Waals surface area contributed by atoms with Crippen molar-refractivity contribution in [2.75, 3.05) is 0 Å². The van der Waals surface area contributed by atoms with Crippen molar-refractivity contribution >= 4 is 43.4 Å². The Morgan fingerprint density at radius 3 is 3.00 bits per heavy atom. The first-order chi connectivity index (χ1) is 6.16. The molecule has 66 valence electrons. The van der Waals surface area contributed by atoms with Crippen LogP contribution >= 0.6 is 27.3 Å². The summed E-state index contributed by atoms with van der Waals surface area (Å²) in [5.74, 6) is -0.425. The summed E-state index contributed by atoms with van der Waals surface area (Å²) in [5.41, 5.74) is 6.43. The molecule has 0 aliphatic rings. The van der Waals surface area contributed by atoms with Crippen LogP contribution in [0.1, 0.15) is 10.4 Å². The van der Waals surface area contributed by atoms with E-state index in [1.165, 1.54) is 11.3 Å². The van der Waals surface area contributed by atoms with Gasteiger partial charge in [-0.25, -0.2) is 4.98 Å². The highest BCUT2D eigenvalue weighted by atomic mass is 79.9. The number of rotatable bonds is 1. The SMILES string of the molecule is NC(=O)c1ccc2sc(Br)nc2c1. The van der Waals surface area contributed by atoms with Gasteiger partial charge >= 0.3 is 0 Å². The lowest BCUT2D eigenvalue weighted by Gasteiger charge is -1.92. The maximum atomic E-state index is 10.8. The maximum Gasteiger partial charge on any atom is 0.248 e. The lowest BCUT2D eigenvalue weighted by Crippen LogP contribution is -2.10. The number of nitrogens with two attached hydrogens (primary N) is 1. The Bertz CT molecular complexity index is 480. The van der Waals surface area contributed by atoms with Crippen LogP contribution in [0.3, 0.4) is 0 Å². The summed E-state index contributed by atoms with van der Waals surface area (Å²) in [6.45, 7) is 0. The van der Waals surface area contributed by atoms with E-state index in [0.717, 1.165) is 14.1 Å². The number of hydrogen-bond acceptors (Lipinski definition) is 3. The second kappa shape index (κ2) is 3.08. The van der Waals surface area contributed by atoms with Gasteiger partial charge in [0.25, 0.3) is 0 Å². The van der Waals surface area contributed by atoms with Crippen LogP contribution in [0.2, 0.25) is 0 Å². The Kier molecular flexibility index (Phi) is 2.05. The first kappa shape index (κ1) is 8.65. The minimum Gasteiger partial charge on any atom is -0.366 e. The van der Waals surface area contributed by atoms with Crippen LogP contribution in [-0.4, -0.2) is 10.9 Å². The Labute approximate surface area is 86.7 Å². The van der Waals surface area contributed by atoms with Gasteiger partial charge in [0.15, 0.2) is 3.92 Å². The molecular weight excluding hydrogens is 252 g/mol. The molecule has 0 aliphatic carbocycles. The minimum atomic E-state index is -0.425. The summed E-state index contributed by atoms with van der Waals surface area (Å²) in [4.78, 5) is 15.0. The van der Waals surface area contributed by atoms with Gasteiger partial charge in [-0.15, -0.1) is 11.3 Å². The third-order valence-corrected chi connectivity index (χ3v) is 3.13. The van der Waals surface area contributed by atoms with Gasteiger partial charge in [-0.3, -0.25) is 4.79 Å². The van der Waals surface area contributed by atoms with Crippen LogP contribution in [0.4, 0.5) is 0 Å². The molecule has 1 aromatic carbocycles. The van der Waals surface area contributed by atoms with Crippen LogP contribution in [-0.2, 0) is 0 Å². The quantitative estimate of drug-likeness (QED) is 0.851. The molecule has 0 spiro atoms. The van der Waals surface area contributed by atoms with Gasteiger partial charge in [0.1, 0.15) is 0 Å². The molecule has 0 radical (unpaired) electrons. The summed E-state index contributed by atoms with van der Waals surface area (Å²) in [6, 6.07) is 5.24. The van der Waals surface area contributed by atoms with Gasteiger partial charge in [0.2, 0.25) is 5.91 Å². The third kappa shape index (κ3) is 1.57. The lowest BCUT2D eigenvalue weighted by molar-refractivity contribution is 0.100. The fourth-order valence-corrected chi connectivity index (χ4v) is 2.44. The zero-order chi connectivity index (χ0) is 9.42. The average molecular weight is 257 g/mol. The molecule has 1 aromatic heterocycles. The van der Waals surface area contributed by atoms with Crippen LogP contribution < -0.4 is 5.73 Å². The van der Waals surface area contributed by atoms with E-state index in [2.05, 4.69) is 20.9 Å². The van der Waals surface area contributed by atoms with Crippen molar-refractivity contribution in [1.29, 1.82) is 0 Å². The van der Waals surface area contributed by atoms with Crippen molar-refractivity contribution in [2.24, 2.45) is 5.73 Å². The number of carbonyl (C=O) groups excluding carboxylic acids is 1. The zero-order valence-corrected chi connectivity index (χ0v) is 8.85. The third-order valence-electron chi connectivity index (χ3n) is 1.65. The smallest absolute Gasteiger partial charge is 0.248 e. The fourth-order valence-electron chi connectivity index (χ4n) is 1.05. The van der Waals surface area contributed by atoms with E-state index in [-0.39, 0.29) is 0 Å². The van der Waals surface area contributed by atoms with E-state index in [9.17, 15) is 4.79 Å². The van der Waals surface area contributed by atoms with Crippen LogP contribution in [0, 0.1) is 0 Å². The van der Waals surface area contributed by atoms with Crippen molar-refractivity contribution in [3.05, 3.63) is 27.7 Å². The predicted octanol–water partition coefficient (Wildman–Crippen LogP) is 2.16. The Balaban J connectivity index is 2.67. The predicted molar refractivity (Wildman–Crippen MR) is 55.8 cm³/mol. The molecule has 0 saturated heterocycles. The lowest BCUT2D eigenvalue weighted by atomic mass is 10.2. The van der Waals surface area contributed by atoms with Crippen molar-refractivity contribution in [1.82, 2.24) is 4.98 Å². The highest BCUT2D eigenvalue weighted by molar-refractivity contribution is 9.11. The Morgan fingerprint density at radius 2 is 2.31 bits per heavy atom. The van der Waals surface area contributed by atoms with Crippen LogP contribution in [0.25, 0.3) is 10.2 Å². The standard InChI is InChI=1S/C8H5BrN2OS/c9-8-11-5-3-4(7(10)12)1-2-6(5)13-8/h1-3H,(H2,10,12).